The van der Waals surface area contributed by atoms with Gasteiger partial charge in [-0.25, -0.2) is 19.4 Å². The normalized spacial score (nSPS) is 13.1. The second-order valence-corrected chi connectivity index (χ2v) is 10.7. The minimum atomic E-state index is -5.15. The summed E-state index contributed by atoms with van der Waals surface area (Å²) in [4.78, 5) is 34.2. The maximum Gasteiger partial charge on any atom is 0.573 e. The fourth-order valence-electron chi connectivity index (χ4n) is 3.78. The third-order valence-electron chi connectivity index (χ3n) is 5.79. The van der Waals surface area contributed by atoms with Gasteiger partial charge in [-0.2, -0.15) is 17.9 Å². The molecular formula is C25H24ClF6N9O4. The average Bonchev–Trinajstić information content (AvgIpc) is 3.48. The number of rotatable bonds is 10. The van der Waals surface area contributed by atoms with Crippen LogP contribution in [0.2, 0.25) is 5.02 Å². The van der Waals surface area contributed by atoms with E-state index in [1.807, 2.05) is 0 Å². The molecule has 0 aliphatic carbocycles. The molecule has 0 spiro atoms. The number of alkyl halides is 6. The van der Waals surface area contributed by atoms with Gasteiger partial charge in [-0.1, -0.05) is 11.6 Å². The summed E-state index contributed by atoms with van der Waals surface area (Å²) in [5.74, 6) is -3.63. The molecule has 1 aromatic carbocycles. The summed E-state index contributed by atoms with van der Waals surface area (Å²) in [5.41, 5.74) is 4.03. The zero-order chi connectivity index (χ0) is 33.3. The van der Waals surface area contributed by atoms with E-state index in [4.69, 9.17) is 17.3 Å². The molecule has 13 nitrogen and oxygen atoms in total. The second-order valence-electron chi connectivity index (χ2n) is 10.2. The fourth-order valence-corrected chi connectivity index (χ4v) is 3.91. The number of aromatic nitrogens is 7. The van der Waals surface area contributed by atoms with Crippen LogP contribution in [-0.4, -0.2) is 75.8 Å². The molecule has 0 saturated heterocycles. The summed E-state index contributed by atoms with van der Waals surface area (Å²) in [6.07, 6.45) is -12.1. The molecule has 1 atom stereocenters. The highest BCUT2D eigenvalue weighted by molar-refractivity contribution is 6.30. The van der Waals surface area contributed by atoms with Crippen LogP contribution in [-0.2, 0) is 13.1 Å². The van der Waals surface area contributed by atoms with Crippen molar-refractivity contribution in [3.8, 4) is 23.0 Å². The average molecular weight is 664 g/mol. The molecule has 0 aliphatic heterocycles. The van der Waals surface area contributed by atoms with Crippen LogP contribution in [0.25, 0.3) is 17.2 Å². The van der Waals surface area contributed by atoms with E-state index in [9.17, 15) is 41.0 Å². The minimum Gasteiger partial charge on any atom is -0.402 e. The third kappa shape index (κ3) is 8.37. The monoisotopic (exact) mass is 663 g/mol. The standard InChI is InChI=1S/C25H24ClF6N9O4/c1-23(2,33)12-35-21(43)20-36-17(37-41(20)19-15(4-3-9-34-19)45-25(30,31)32)11-40-22(44)39(10-16(42)24(27,28)29)18(38-40)13-5-7-14(26)8-6-13/h3-9,16,42H,10-12,33H2,1-2H3,(H,35,43). The van der Waals surface area contributed by atoms with E-state index in [0.29, 0.717) is 13.9 Å². The Labute approximate surface area is 254 Å². The molecule has 1 unspecified atom stereocenters. The Hall–Kier alpha value is -4.49. The van der Waals surface area contributed by atoms with Crippen molar-refractivity contribution in [3.05, 3.63) is 69.8 Å². The Bertz CT molecular complexity index is 1730. The molecule has 0 aliphatic rings. The van der Waals surface area contributed by atoms with E-state index in [-0.39, 0.29) is 28.8 Å². The van der Waals surface area contributed by atoms with Gasteiger partial charge in [0.1, 0.15) is 6.54 Å². The van der Waals surface area contributed by atoms with Crippen molar-refractivity contribution in [1.29, 1.82) is 0 Å². The van der Waals surface area contributed by atoms with Crippen LogP contribution < -0.4 is 21.5 Å². The number of nitrogens with zero attached hydrogens (tertiary/aromatic N) is 7. The Morgan fingerprint density at radius 1 is 1.11 bits per heavy atom. The van der Waals surface area contributed by atoms with Gasteiger partial charge in [-0.05, 0) is 50.2 Å². The predicted molar refractivity (Wildman–Crippen MR) is 145 cm³/mol. The van der Waals surface area contributed by atoms with Crippen molar-refractivity contribution in [2.75, 3.05) is 6.54 Å². The van der Waals surface area contributed by atoms with Crippen molar-refractivity contribution in [3.63, 3.8) is 0 Å². The fraction of sp³-hybridized carbons (Fsp3) is 0.360. The molecule has 45 heavy (non-hydrogen) atoms. The number of ether oxygens (including phenoxy) is 1. The van der Waals surface area contributed by atoms with Crippen LogP contribution in [0.5, 0.6) is 5.75 Å². The SMILES string of the molecule is CC(C)(N)CNC(=O)c1nc(Cn2nc(-c3ccc(Cl)cc3)n(CC(O)C(F)(F)F)c2=O)nn1-c1ncccc1OC(F)(F)F. The van der Waals surface area contributed by atoms with Gasteiger partial charge in [0, 0.05) is 28.9 Å². The van der Waals surface area contributed by atoms with E-state index >= 15 is 0 Å². The first-order valence-electron chi connectivity index (χ1n) is 12.7. The van der Waals surface area contributed by atoms with Crippen molar-refractivity contribution >= 4 is 17.5 Å². The largest absolute Gasteiger partial charge is 0.573 e. The van der Waals surface area contributed by atoms with Gasteiger partial charge in [-0.3, -0.25) is 9.36 Å². The van der Waals surface area contributed by atoms with Crippen LogP contribution in [0.1, 0.15) is 30.3 Å². The number of carbonyl (C=O) groups is 1. The van der Waals surface area contributed by atoms with Crippen molar-refractivity contribution < 1.29 is 41.0 Å². The summed E-state index contributed by atoms with van der Waals surface area (Å²) in [7, 11) is 0. The molecule has 0 bridgehead atoms. The number of benzene rings is 1. The smallest absolute Gasteiger partial charge is 0.402 e. The van der Waals surface area contributed by atoms with Crippen LogP contribution >= 0.6 is 11.6 Å². The minimum absolute atomic E-state index is 0.0992. The highest BCUT2D eigenvalue weighted by atomic mass is 35.5. The lowest BCUT2D eigenvalue weighted by atomic mass is 10.1. The van der Waals surface area contributed by atoms with E-state index in [1.165, 1.54) is 24.3 Å². The molecule has 3 heterocycles. The van der Waals surface area contributed by atoms with Crippen molar-refractivity contribution in [2.24, 2.45) is 5.73 Å². The Kier molecular flexibility index (Phi) is 9.27. The highest BCUT2D eigenvalue weighted by Gasteiger charge is 2.39. The molecule has 0 fully saturated rings. The van der Waals surface area contributed by atoms with Gasteiger partial charge in [-0.15, -0.1) is 23.4 Å². The van der Waals surface area contributed by atoms with Crippen LogP contribution in [0.4, 0.5) is 26.3 Å². The van der Waals surface area contributed by atoms with Crippen molar-refractivity contribution in [1.82, 2.24) is 39.4 Å². The number of halogens is 7. The lowest BCUT2D eigenvalue weighted by Crippen LogP contribution is -2.45. The number of nitrogens with one attached hydrogen (secondary N) is 1. The van der Waals surface area contributed by atoms with Gasteiger partial charge >= 0.3 is 18.2 Å². The molecular weight excluding hydrogens is 640 g/mol. The number of hydrogen-bond acceptors (Lipinski definition) is 9. The van der Waals surface area contributed by atoms with Gasteiger partial charge in [0.05, 0.1) is 6.54 Å². The van der Waals surface area contributed by atoms with Gasteiger partial charge < -0.3 is 20.9 Å². The number of nitrogens with two attached hydrogens (primary N) is 1. The van der Waals surface area contributed by atoms with E-state index in [1.54, 1.807) is 13.8 Å². The van der Waals surface area contributed by atoms with E-state index in [0.717, 1.165) is 18.3 Å². The maximum atomic E-state index is 13.3. The summed E-state index contributed by atoms with van der Waals surface area (Å²) in [6.45, 7) is 1.18. The molecule has 0 saturated carbocycles. The van der Waals surface area contributed by atoms with E-state index < -0.39 is 66.3 Å². The Morgan fingerprint density at radius 2 is 1.78 bits per heavy atom. The number of aliphatic hydroxyl groups is 1. The summed E-state index contributed by atoms with van der Waals surface area (Å²) >= 11 is 5.90. The zero-order valence-electron chi connectivity index (χ0n) is 23.3. The van der Waals surface area contributed by atoms with Crippen LogP contribution in [0, 0.1) is 0 Å². The summed E-state index contributed by atoms with van der Waals surface area (Å²) in [5, 5.41) is 20.6. The first kappa shape index (κ1) is 33.4. The number of aliphatic hydroxyl groups excluding tert-OH is 1. The molecule has 4 aromatic rings. The lowest BCUT2D eigenvalue weighted by molar-refractivity contribution is -0.274. The summed E-state index contributed by atoms with van der Waals surface area (Å²) in [6, 6.07) is 7.60. The molecule has 4 rings (SSSR count). The van der Waals surface area contributed by atoms with Gasteiger partial charge in [0.15, 0.2) is 29.3 Å². The maximum absolute atomic E-state index is 13.3. The van der Waals surface area contributed by atoms with E-state index in [2.05, 4.69) is 30.2 Å². The Balaban J connectivity index is 1.81. The molecule has 3 aromatic heterocycles. The predicted octanol–water partition coefficient (Wildman–Crippen LogP) is 2.68. The molecule has 242 valence electrons. The van der Waals surface area contributed by atoms with Crippen LogP contribution in [0.3, 0.4) is 0 Å². The quantitative estimate of drug-likeness (QED) is 0.216. The highest BCUT2D eigenvalue weighted by Crippen LogP contribution is 2.28. The van der Waals surface area contributed by atoms with Crippen LogP contribution in [0.15, 0.2) is 47.4 Å². The molecule has 0 radical (unpaired) electrons. The number of amides is 1. The van der Waals surface area contributed by atoms with Crippen molar-refractivity contribution in [2.45, 2.75) is 51.1 Å². The number of hydrogen-bond donors (Lipinski definition) is 3. The first-order chi connectivity index (χ1) is 20.8. The van der Waals surface area contributed by atoms with Gasteiger partial charge in [0.25, 0.3) is 5.91 Å². The zero-order valence-corrected chi connectivity index (χ0v) is 24.0. The second kappa shape index (κ2) is 12.5. The molecule has 4 N–H and O–H groups in total. The lowest BCUT2D eigenvalue weighted by Gasteiger charge is -2.18. The first-order valence-corrected chi connectivity index (χ1v) is 13.1. The molecule has 1 amide bonds. The number of carbonyl (C=O) groups excluding carboxylic acids is 1. The summed E-state index contributed by atoms with van der Waals surface area (Å²) < 4.78 is 84.8. The third-order valence-corrected chi connectivity index (χ3v) is 6.04. The topological polar surface area (TPSA) is 168 Å². The van der Waals surface area contributed by atoms with Gasteiger partial charge in [0.2, 0.25) is 5.82 Å². The Morgan fingerprint density at radius 3 is 2.38 bits per heavy atom. The molecule has 20 heteroatoms. The number of pyridine rings is 1.